The number of hydrogen-bond acceptors (Lipinski definition) is 2. The number of hydrogen-bond donors (Lipinski definition) is 1. The molecule has 0 spiro atoms. The van der Waals surface area contributed by atoms with E-state index < -0.39 is 11.7 Å². The van der Waals surface area contributed by atoms with Crippen LogP contribution in [0.4, 0.5) is 13.2 Å². The van der Waals surface area contributed by atoms with E-state index in [-0.39, 0.29) is 6.04 Å². The molecule has 2 rings (SSSR count). The molecule has 1 aromatic carbocycles. The van der Waals surface area contributed by atoms with Gasteiger partial charge >= 0.3 is 6.18 Å². The first-order valence-corrected chi connectivity index (χ1v) is 6.80. The van der Waals surface area contributed by atoms with Crippen molar-refractivity contribution in [3.05, 3.63) is 57.8 Å². The maximum absolute atomic E-state index is 12.6. The van der Waals surface area contributed by atoms with E-state index in [2.05, 4.69) is 0 Å². The first-order valence-electron chi connectivity index (χ1n) is 5.92. The Bertz CT molecular complexity index is 520. The van der Waals surface area contributed by atoms with Gasteiger partial charge in [-0.25, -0.2) is 0 Å². The summed E-state index contributed by atoms with van der Waals surface area (Å²) in [6.07, 6.45) is -2.89. The van der Waals surface area contributed by atoms with Crippen molar-refractivity contribution in [1.82, 2.24) is 0 Å². The molecular weight excluding hydrogens is 271 g/mol. The molecule has 1 nitrogen and oxygen atoms in total. The highest BCUT2D eigenvalue weighted by Crippen LogP contribution is 2.31. The number of alkyl halides is 3. The lowest BCUT2D eigenvalue weighted by molar-refractivity contribution is -0.137. The SMILES string of the molecule is NC(CCc1cccs1)c1cccc(C(F)(F)F)c1. The predicted molar refractivity (Wildman–Crippen MR) is 71.0 cm³/mol. The summed E-state index contributed by atoms with van der Waals surface area (Å²) < 4.78 is 37.8. The van der Waals surface area contributed by atoms with Gasteiger partial charge in [0.2, 0.25) is 0 Å². The number of benzene rings is 1. The largest absolute Gasteiger partial charge is 0.416 e. The number of nitrogens with two attached hydrogens (primary N) is 1. The summed E-state index contributed by atoms with van der Waals surface area (Å²) in [5, 5.41) is 1.98. The van der Waals surface area contributed by atoms with Crippen LogP contribution in [0.3, 0.4) is 0 Å². The second-order valence-corrected chi connectivity index (χ2v) is 5.38. The molecule has 19 heavy (non-hydrogen) atoms. The Morgan fingerprint density at radius 3 is 2.58 bits per heavy atom. The molecule has 0 amide bonds. The normalized spacial score (nSPS) is 13.5. The van der Waals surface area contributed by atoms with Crippen LogP contribution in [0.5, 0.6) is 0 Å². The molecule has 1 unspecified atom stereocenters. The van der Waals surface area contributed by atoms with Crippen LogP contribution in [0.1, 0.15) is 28.5 Å². The smallest absolute Gasteiger partial charge is 0.324 e. The average molecular weight is 285 g/mol. The lowest BCUT2D eigenvalue weighted by Gasteiger charge is -2.14. The van der Waals surface area contributed by atoms with Gasteiger partial charge in [-0.2, -0.15) is 13.2 Å². The van der Waals surface area contributed by atoms with E-state index >= 15 is 0 Å². The molecule has 0 aliphatic carbocycles. The fraction of sp³-hybridized carbons (Fsp3) is 0.286. The Labute approximate surface area is 113 Å². The van der Waals surface area contributed by atoms with Gasteiger partial charge in [-0.3, -0.25) is 0 Å². The highest BCUT2D eigenvalue weighted by atomic mass is 32.1. The summed E-state index contributed by atoms with van der Waals surface area (Å²) in [5.74, 6) is 0. The van der Waals surface area contributed by atoms with E-state index in [4.69, 9.17) is 5.73 Å². The molecule has 1 heterocycles. The zero-order valence-corrected chi connectivity index (χ0v) is 11.0. The molecular formula is C14H14F3NS. The molecule has 1 aromatic heterocycles. The van der Waals surface area contributed by atoms with Gasteiger partial charge in [-0.15, -0.1) is 11.3 Å². The Balaban J connectivity index is 2.04. The third kappa shape index (κ3) is 3.81. The minimum Gasteiger partial charge on any atom is -0.324 e. The molecule has 0 fully saturated rings. The molecule has 0 aliphatic heterocycles. The van der Waals surface area contributed by atoms with E-state index in [1.165, 1.54) is 10.9 Å². The van der Waals surface area contributed by atoms with Crippen LogP contribution in [0.2, 0.25) is 0 Å². The molecule has 0 bridgehead atoms. The van der Waals surface area contributed by atoms with Gasteiger partial charge in [0.25, 0.3) is 0 Å². The first-order chi connectivity index (χ1) is 8.97. The lowest BCUT2D eigenvalue weighted by Crippen LogP contribution is -2.13. The summed E-state index contributed by atoms with van der Waals surface area (Å²) in [7, 11) is 0. The van der Waals surface area contributed by atoms with Crippen LogP contribution < -0.4 is 5.73 Å². The van der Waals surface area contributed by atoms with Crippen LogP contribution in [0, 0.1) is 0 Å². The van der Waals surface area contributed by atoms with E-state index in [1.54, 1.807) is 17.4 Å². The van der Waals surface area contributed by atoms with Gasteiger partial charge in [0.1, 0.15) is 0 Å². The summed E-state index contributed by atoms with van der Waals surface area (Å²) >= 11 is 1.63. The minimum atomic E-state index is -4.32. The fourth-order valence-corrected chi connectivity index (χ4v) is 2.59. The van der Waals surface area contributed by atoms with Gasteiger partial charge < -0.3 is 5.73 Å². The molecule has 1 atom stereocenters. The van der Waals surface area contributed by atoms with E-state index in [1.807, 2.05) is 17.5 Å². The lowest BCUT2D eigenvalue weighted by atomic mass is 10.0. The molecule has 0 saturated carbocycles. The number of thiophene rings is 1. The predicted octanol–water partition coefficient (Wildman–Crippen LogP) is 4.40. The number of rotatable bonds is 4. The highest BCUT2D eigenvalue weighted by molar-refractivity contribution is 7.09. The summed E-state index contributed by atoms with van der Waals surface area (Å²) in [4.78, 5) is 1.20. The van der Waals surface area contributed by atoms with Crippen LogP contribution >= 0.6 is 11.3 Å². The van der Waals surface area contributed by atoms with Gasteiger partial charge in [-0.05, 0) is 42.0 Å². The van der Waals surface area contributed by atoms with Gasteiger partial charge in [-0.1, -0.05) is 18.2 Å². The van der Waals surface area contributed by atoms with E-state index in [0.717, 1.165) is 18.6 Å². The van der Waals surface area contributed by atoms with Gasteiger partial charge in [0.15, 0.2) is 0 Å². The zero-order valence-electron chi connectivity index (χ0n) is 10.2. The van der Waals surface area contributed by atoms with Crippen molar-refractivity contribution in [3.8, 4) is 0 Å². The third-order valence-electron chi connectivity index (χ3n) is 2.92. The molecule has 0 aliphatic rings. The van der Waals surface area contributed by atoms with Crippen LogP contribution in [-0.4, -0.2) is 0 Å². The van der Waals surface area contributed by atoms with E-state index in [9.17, 15) is 13.2 Å². The molecule has 5 heteroatoms. The Morgan fingerprint density at radius 1 is 1.16 bits per heavy atom. The Kier molecular flexibility index (Phi) is 4.27. The first kappa shape index (κ1) is 14.1. The summed E-state index contributed by atoms with van der Waals surface area (Å²) in [5.41, 5.74) is 5.85. The quantitative estimate of drug-likeness (QED) is 0.885. The second-order valence-electron chi connectivity index (χ2n) is 4.35. The van der Waals surface area contributed by atoms with Crippen molar-refractivity contribution in [2.75, 3.05) is 0 Å². The summed E-state index contributed by atoms with van der Waals surface area (Å²) in [6, 6.07) is 8.84. The minimum absolute atomic E-state index is 0.371. The van der Waals surface area contributed by atoms with Crippen LogP contribution in [0.15, 0.2) is 41.8 Å². The van der Waals surface area contributed by atoms with Gasteiger partial charge in [0, 0.05) is 10.9 Å². The highest BCUT2D eigenvalue weighted by Gasteiger charge is 2.30. The number of aryl methyl sites for hydroxylation is 1. The van der Waals surface area contributed by atoms with Crippen molar-refractivity contribution in [2.45, 2.75) is 25.1 Å². The van der Waals surface area contributed by atoms with Crippen molar-refractivity contribution in [2.24, 2.45) is 5.73 Å². The zero-order chi connectivity index (χ0) is 13.9. The monoisotopic (exact) mass is 285 g/mol. The van der Waals surface area contributed by atoms with Gasteiger partial charge in [0.05, 0.1) is 5.56 Å². The van der Waals surface area contributed by atoms with Crippen molar-refractivity contribution in [1.29, 1.82) is 0 Å². The molecule has 0 saturated heterocycles. The topological polar surface area (TPSA) is 26.0 Å². The molecule has 2 aromatic rings. The maximum atomic E-state index is 12.6. The standard InChI is InChI=1S/C14H14F3NS/c15-14(16,17)11-4-1-3-10(9-11)13(18)7-6-12-5-2-8-19-12/h1-5,8-9,13H,6-7,18H2. The van der Waals surface area contributed by atoms with Crippen molar-refractivity contribution in [3.63, 3.8) is 0 Å². The third-order valence-corrected chi connectivity index (χ3v) is 3.86. The molecule has 2 N–H and O–H groups in total. The molecule has 102 valence electrons. The van der Waals surface area contributed by atoms with Crippen LogP contribution in [0.25, 0.3) is 0 Å². The Hall–Kier alpha value is -1.33. The maximum Gasteiger partial charge on any atom is 0.416 e. The molecule has 0 radical (unpaired) electrons. The Morgan fingerprint density at radius 2 is 1.95 bits per heavy atom. The van der Waals surface area contributed by atoms with Crippen molar-refractivity contribution >= 4 is 11.3 Å². The van der Waals surface area contributed by atoms with Crippen molar-refractivity contribution < 1.29 is 13.2 Å². The van der Waals surface area contributed by atoms with E-state index in [0.29, 0.717) is 12.0 Å². The van der Waals surface area contributed by atoms with Crippen LogP contribution in [-0.2, 0) is 12.6 Å². The number of halogens is 3. The average Bonchev–Trinajstić information content (AvgIpc) is 2.88. The summed E-state index contributed by atoms with van der Waals surface area (Å²) in [6.45, 7) is 0. The second kappa shape index (κ2) is 5.75. The fourth-order valence-electron chi connectivity index (χ4n) is 1.86.